The summed E-state index contributed by atoms with van der Waals surface area (Å²) in [5.74, 6) is 0. The highest BCUT2D eigenvalue weighted by Gasteiger charge is 2.37. The third-order valence-electron chi connectivity index (χ3n) is 12.4. The van der Waals surface area contributed by atoms with Crippen LogP contribution in [0.25, 0.3) is 82.9 Å². The van der Waals surface area contributed by atoms with Gasteiger partial charge in [0.05, 0.1) is 0 Å². The number of rotatable bonds is 6. The largest absolute Gasteiger partial charge is 0.344 e. The first-order valence-electron chi connectivity index (χ1n) is 19.6. The fourth-order valence-corrected chi connectivity index (χ4v) is 9.61. The molecule has 0 bridgehead atoms. The fourth-order valence-electron chi connectivity index (χ4n) is 9.61. The van der Waals surface area contributed by atoms with Crippen molar-refractivity contribution < 1.29 is 0 Å². The molecule has 0 amide bonds. The van der Waals surface area contributed by atoms with Gasteiger partial charge in [0.15, 0.2) is 0 Å². The maximum atomic E-state index is 4.12. The van der Waals surface area contributed by atoms with Crippen LogP contribution in [0.4, 0.5) is 11.4 Å². The van der Waals surface area contributed by atoms with E-state index in [1.807, 2.05) is 6.08 Å². The van der Waals surface area contributed by atoms with E-state index in [-0.39, 0.29) is 5.41 Å². The smallest absolute Gasteiger partial charge is 0.0481 e. The summed E-state index contributed by atoms with van der Waals surface area (Å²) in [7, 11) is 2.17. The lowest BCUT2D eigenvalue weighted by Crippen LogP contribution is -2.14. The molecule has 0 unspecified atom stereocenters. The molecular formula is C55H43N. The van der Waals surface area contributed by atoms with Crippen molar-refractivity contribution in [2.75, 3.05) is 11.9 Å². The number of hydrogen-bond acceptors (Lipinski definition) is 1. The van der Waals surface area contributed by atoms with E-state index in [9.17, 15) is 0 Å². The molecule has 1 nitrogen and oxygen atoms in total. The van der Waals surface area contributed by atoms with Crippen LogP contribution in [0.3, 0.4) is 0 Å². The first kappa shape index (κ1) is 33.8. The van der Waals surface area contributed by atoms with E-state index >= 15 is 0 Å². The van der Waals surface area contributed by atoms with E-state index in [0.29, 0.717) is 0 Å². The van der Waals surface area contributed by atoms with E-state index in [0.717, 1.165) is 11.3 Å². The summed E-state index contributed by atoms with van der Waals surface area (Å²) in [6.07, 6.45) is 1.94. The molecule has 1 heteroatoms. The zero-order chi connectivity index (χ0) is 38.1. The first-order valence-corrected chi connectivity index (χ1v) is 19.6. The Hall–Kier alpha value is -6.70. The van der Waals surface area contributed by atoms with E-state index < -0.39 is 0 Å². The van der Waals surface area contributed by atoms with Crippen molar-refractivity contribution >= 4 is 49.8 Å². The quantitative estimate of drug-likeness (QED) is 0.155. The van der Waals surface area contributed by atoms with Crippen molar-refractivity contribution in [2.45, 2.75) is 26.2 Å². The lowest BCUT2D eigenvalue weighted by Gasteiger charge is -2.25. The summed E-state index contributed by atoms with van der Waals surface area (Å²) in [5, 5.41) is 7.52. The summed E-state index contributed by atoms with van der Waals surface area (Å²) in [6, 6.07) is 63.1. The van der Waals surface area contributed by atoms with Gasteiger partial charge in [-0.2, -0.15) is 0 Å². The van der Waals surface area contributed by atoms with E-state index in [1.165, 1.54) is 99.2 Å². The summed E-state index contributed by atoms with van der Waals surface area (Å²) in [5.41, 5.74) is 17.5. The van der Waals surface area contributed by atoms with Gasteiger partial charge in [0, 0.05) is 23.8 Å². The van der Waals surface area contributed by atoms with Crippen molar-refractivity contribution in [3.05, 3.63) is 199 Å². The zero-order valence-corrected chi connectivity index (χ0v) is 32.4. The second-order valence-corrected chi connectivity index (χ2v) is 15.8. The van der Waals surface area contributed by atoms with Crippen LogP contribution in [-0.2, 0) is 5.41 Å². The second-order valence-electron chi connectivity index (χ2n) is 15.8. The summed E-state index contributed by atoms with van der Waals surface area (Å²) in [4.78, 5) is 2.31. The van der Waals surface area contributed by atoms with Crippen LogP contribution in [0.15, 0.2) is 176 Å². The lowest BCUT2D eigenvalue weighted by molar-refractivity contribution is 0.660. The molecule has 0 aromatic heterocycles. The molecule has 9 aromatic rings. The molecule has 56 heavy (non-hydrogen) atoms. The average Bonchev–Trinajstić information content (AvgIpc) is 3.48. The lowest BCUT2D eigenvalue weighted by atomic mass is 9.80. The topological polar surface area (TPSA) is 3.24 Å². The van der Waals surface area contributed by atoms with Crippen LogP contribution in [0.5, 0.6) is 0 Å². The number of benzene rings is 9. The SMILES string of the molecule is C=Cc1ccccc1N(C)c1cc(-c2c3ccccc3c(-c3cccc4c3-c3ccccc3C4(C)C)c3cc(-c4cccc5ccccc45)ccc23)ccc1C. The fraction of sp³-hybridized carbons (Fsp3) is 0.0909. The predicted octanol–water partition coefficient (Wildman–Crippen LogP) is 15.2. The molecule has 10 rings (SSSR count). The Labute approximate surface area is 329 Å². The van der Waals surface area contributed by atoms with Crippen molar-refractivity contribution in [3.8, 4) is 44.5 Å². The van der Waals surface area contributed by atoms with E-state index in [1.54, 1.807) is 0 Å². The maximum Gasteiger partial charge on any atom is 0.0481 e. The molecule has 1 aliphatic carbocycles. The minimum atomic E-state index is -0.101. The monoisotopic (exact) mass is 717 g/mol. The Bertz CT molecular complexity index is 3050. The van der Waals surface area contributed by atoms with E-state index in [2.05, 4.69) is 209 Å². The van der Waals surface area contributed by atoms with Gasteiger partial charge in [0.2, 0.25) is 0 Å². The van der Waals surface area contributed by atoms with Gasteiger partial charge in [0.25, 0.3) is 0 Å². The molecule has 0 heterocycles. The predicted molar refractivity (Wildman–Crippen MR) is 242 cm³/mol. The van der Waals surface area contributed by atoms with Crippen LogP contribution in [0, 0.1) is 6.92 Å². The van der Waals surface area contributed by atoms with Crippen molar-refractivity contribution in [1.82, 2.24) is 0 Å². The summed E-state index contributed by atoms with van der Waals surface area (Å²) >= 11 is 0. The van der Waals surface area contributed by atoms with Gasteiger partial charge in [-0.05, 0) is 124 Å². The van der Waals surface area contributed by atoms with Gasteiger partial charge in [-0.1, -0.05) is 178 Å². The minimum Gasteiger partial charge on any atom is -0.344 e. The molecule has 0 saturated carbocycles. The number of anilines is 2. The Morgan fingerprint density at radius 2 is 1.07 bits per heavy atom. The van der Waals surface area contributed by atoms with Gasteiger partial charge in [0.1, 0.15) is 0 Å². The molecule has 0 radical (unpaired) electrons. The van der Waals surface area contributed by atoms with E-state index in [4.69, 9.17) is 0 Å². The normalized spacial score (nSPS) is 12.9. The molecular weight excluding hydrogens is 675 g/mol. The molecule has 268 valence electrons. The molecule has 0 fully saturated rings. The molecule has 0 atom stereocenters. The van der Waals surface area contributed by atoms with Gasteiger partial charge in [-0.3, -0.25) is 0 Å². The Balaban J connectivity index is 1.31. The Kier molecular flexibility index (Phi) is 7.83. The van der Waals surface area contributed by atoms with Crippen molar-refractivity contribution in [1.29, 1.82) is 0 Å². The van der Waals surface area contributed by atoms with Crippen LogP contribution in [0.2, 0.25) is 0 Å². The van der Waals surface area contributed by atoms with Gasteiger partial charge in [-0.15, -0.1) is 0 Å². The van der Waals surface area contributed by atoms with Gasteiger partial charge >= 0.3 is 0 Å². The third-order valence-corrected chi connectivity index (χ3v) is 12.4. The van der Waals surface area contributed by atoms with Gasteiger partial charge in [-0.25, -0.2) is 0 Å². The minimum absolute atomic E-state index is 0.101. The van der Waals surface area contributed by atoms with Crippen molar-refractivity contribution in [3.63, 3.8) is 0 Å². The molecule has 9 aromatic carbocycles. The zero-order valence-electron chi connectivity index (χ0n) is 32.4. The highest BCUT2D eigenvalue weighted by atomic mass is 15.1. The molecule has 0 aliphatic heterocycles. The Morgan fingerprint density at radius 3 is 1.91 bits per heavy atom. The number of aryl methyl sites for hydroxylation is 1. The standard InChI is InChI=1S/C55H43N/c1-6-36-17-8-14-28-50(36)56(5)51-34-39(30-29-35(51)2)52-42-21-10-11-22-43(42)53(46-25-16-27-49-54(46)45-23-12-13-26-48(45)55(49,3)4)47-33-38(31-32-44(47)52)41-24-15-19-37-18-7-9-20-40(37)41/h6-34H,1H2,2-5H3. The van der Waals surface area contributed by atoms with Crippen LogP contribution >= 0.6 is 0 Å². The highest BCUT2D eigenvalue weighted by Crippen LogP contribution is 2.55. The maximum absolute atomic E-state index is 4.12. The average molecular weight is 718 g/mol. The van der Waals surface area contributed by atoms with Crippen LogP contribution < -0.4 is 4.90 Å². The number of fused-ring (bicyclic) bond motifs is 6. The third kappa shape index (κ3) is 5.08. The summed E-state index contributed by atoms with van der Waals surface area (Å²) in [6.45, 7) is 11.1. The summed E-state index contributed by atoms with van der Waals surface area (Å²) < 4.78 is 0. The molecule has 0 N–H and O–H groups in total. The number of para-hydroxylation sites is 1. The van der Waals surface area contributed by atoms with Crippen molar-refractivity contribution in [2.24, 2.45) is 0 Å². The van der Waals surface area contributed by atoms with Gasteiger partial charge < -0.3 is 4.90 Å². The molecule has 0 spiro atoms. The number of nitrogens with zero attached hydrogens (tertiary/aromatic N) is 1. The first-order chi connectivity index (χ1) is 27.3. The number of hydrogen-bond donors (Lipinski definition) is 0. The molecule has 1 aliphatic rings. The molecule has 0 saturated heterocycles. The second kappa shape index (κ2) is 13.0. The highest BCUT2D eigenvalue weighted by molar-refractivity contribution is 6.23. The van der Waals surface area contributed by atoms with Crippen LogP contribution in [0.1, 0.15) is 36.1 Å². The Morgan fingerprint density at radius 1 is 0.464 bits per heavy atom. The van der Waals surface area contributed by atoms with Crippen LogP contribution in [-0.4, -0.2) is 7.05 Å².